The van der Waals surface area contributed by atoms with Gasteiger partial charge < -0.3 is 10.2 Å². The Bertz CT molecular complexity index is 505. The third-order valence-corrected chi connectivity index (χ3v) is 5.40. The van der Waals surface area contributed by atoms with Gasteiger partial charge in [0.1, 0.15) is 0 Å². The van der Waals surface area contributed by atoms with Gasteiger partial charge in [-0.15, -0.1) is 0 Å². The first-order valence-electron chi connectivity index (χ1n) is 9.00. The first kappa shape index (κ1) is 16.4. The van der Waals surface area contributed by atoms with Crippen molar-refractivity contribution < 1.29 is 4.79 Å². The van der Waals surface area contributed by atoms with Gasteiger partial charge in [-0.3, -0.25) is 9.78 Å². The van der Waals surface area contributed by atoms with Crippen molar-refractivity contribution in [3.05, 3.63) is 30.1 Å². The molecule has 4 heteroatoms. The van der Waals surface area contributed by atoms with E-state index < -0.39 is 0 Å². The summed E-state index contributed by atoms with van der Waals surface area (Å²) in [6.45, 7) is 0.873. The van der Waals surface area contributed by atoms with Crippen molar-refractivity contribution >= 4 is 5.91 Å². The van der Waals surface area contributed by atoms with Crippen LogP contribution in [0.2, 0.25) is 0 Å². The first-order chi connectivity index (χ1) is 11.1. The second-order valence-electron chi connectivity index (χ2n) is 7.46. The summed E-state index contributed by atoms with van der Waals surface area (Å²) in [5, 5.41) is 3.15. The van der Waals surface area contributed by atoms with E-state index in [0.29, 0.717) is 23.8 Å². The van der Waals surface area contributed by atoms with E-state index in [0.717, 1.165) is 19.4 Å². The van der Waals surface area contributed by atoms with E-state index in [-0.39, 0.29) is 5.91 Å². The number of hydrogen-bond donors (Lipinski definition) is 1. The standard InChI is InChI=1S/C19H29N3O/c1-22(2)18(17-5-3-4-12-20-17)15-8-6-14(7-9-15)13-21-19(23)16-10-11-16/h3-5,12,14-16,18H,6-11,13H2,1-2H3,(H,21,23)/t14?,15?,18-/m1/s1. The summed E-state index contributed by atoms with van der Waals surface area (Å²) in [6.07, 6.45) is 8.96. The van der Waals surface area contributed by atoms with Gasteiger partial charge in [0.2, 0.25) is 5.91 Å². The Kier molecular flexibility index (Phi) is 5.31. The number of carbonyl (C=O) groups is 1. The Labute approximate surface area is 139 Å². The summed E-state index contributed by atoms with van der Waals surface area (Å²) >= 11 is 0. The second-order valence-corrected chi connectivity index (χ2v) is 7.46. The molecule has 2 saturated carbocycles. The largest absolute Gasteiger partial charge is 0.356 e. The van der Waals surface area contributed by atoms with Crippen LogP contribution in [0.15, 0.2) is 24.4 Å². The SMILES string of the molecule is CN(C)[C@@H](c1ccccn1)C1CCC(CNC(=O)C2CC2)CC1. The van der Waals surface area contributed by atoms with Crippen molar-refractivity contribution in [1.29, 1.82) is 0 Å². The highest BCUT2D eigenvalue weighted by Crippen LogP contribution is 2.38. The fraction of sp³-hybridized carbons (Fsp3) is 0.684. The molecule has 0 saturated heterocycles. The topological polar surface area (TPSA) is 45.2 Å². The van der Waals surface area contributed by atoms with Gasteiger partial charge in [-0.25, -0.2) is 0 Å². The minimum atomic E-state index is 0.284. The predicted octanol–water partition coefficient (Wildman–Crippen LogP) is 3.02. The van der Waals surface area contributed by atoms with Gasteiger partial charge in [0.15, 0.2) is 0 Å². The van der Waals surface area contributed by atoms with Crippen molar-refractivity contribution in [1.82, 2.24) is 15.2 Å². The number of aromatic nitrogens is 1. The Morgan fingerprint density at radius 1 is 1.22 bits per heavy atom. The molecule has 1 aromatic rings. The van der Waals surface area contributed by atoms with Crippen LogP contribution >= 0.6 is 0 Å². The lowest BCUT2D eigenvalue weighted by molar-refractivity contribution is -0.122. The normalized spacial score (nSPS) is 26.0. The molecule has 0 unspecified atom stereocenters. The Morgan fingerprint density at radius 2 is 1.96 bits per heavy atom. The van der Waals surface area contributed by atoms with Crippen molar-refractivity contribution in [3.8, 4) is 0 Å². The van der Waals surface area contributed by atoms with Crippen LogP contribution in [0.1, 0.15) is 50.3 Å². The van der Waals surface area contributed by atoms with Crippen LogP contribution < -0.4 is 5.32 Å². The summed E-state index contributed by atoms with van der Waals surface area (Å²) in [4.78, 5) is 18.7. The fourth-order valence-electron chi connectivity index (χ4n) is 3.92. The Balaban J connectivity index is 1.51. The van der Waals surface area contributed by atoms with Crippen LogP contribution in [0, 0.1) is 17.8 Å². The van der Waals surface area contributed by atoms with Crippen molar-refractivity contribution in [2.75, 3.05) is 20.6 Å². The third-order valence-electron chi connectivity index (χ3n) is 5.40. The molecule has 4 nitrogen and oxygen atoms in total. The number of rotatable bonds is 6. The molecule has 1 N–H and O–H groups in total. The van der Waals surface area contributed by atoms with Gasteiger partial charge >= 0.3 is 0 Å². The highest BCUT2D eigenvalue weighted by Gasteiger charge is 2.32. The number of hydrogen-bond acceptors (Lipinski definition) is 3. The molecule has 0 bridgehead atoms. The molecule has 126 valence electrons. The molecule has 1 amide bonds. The third kappa shape index (κ3) is 4.31. The van der Waals surface area contributed by atoms with Gasteiger partial charge in [-0.1, -0.05) is 6.07 Å². The van der Waals surface area contributed by atoms with E-state index in [1.165, 1.54) is 31.4 Å². The number of nitrogens with zero attached hydrogens (tertiary/aromatic N) is 2. The molecule has 3 rings (SSSR count). The lowest BCUT2D eigenvalue weighted by Gasteiger charge is -2.37. The summed E-state index contributed by atoms with van der Waals surface area (Å²) in [5.74, 6) is 1.93. The molecule has 2 aliphatic rings. The maximum absolute atomic E-state index is 11.8. The van der Waals surface area contributed by atoms with E-state index in [1.807, 2.05) is 12.3 Å². The zero-order valence-corrected chi connectivity index (χ0v) is 14.4. The molecule has 23 heavy (non-hydrogen) atoms. The molecule has 2 fully saturated rings. The number of pyridine rings is 1. The Hall–Kier alpha value is -1.42. The van der Waals surface area contributed by atoms with Gasteiger partial charge in [-0.2, -0.15) is 0 Å². The average Bonchev–Trinajstić information content (AvgIpc) is 3.40. The second kappa shape index (κ2) is 7.43. The molecule has 2 aliphatic carbocycles. The zero-order valence-electron chi connectivity index (χ0n) is 14.4. The van der Waals surface area contributed by atoms with Gasteiger partial charge in [0.25, 0.3) is 0 Å². The van der Waals surface area contributed by atoms with Crippen LogP contribution in [0.5, 0.6) is 0 Å². The fourth-order valence-corrected chi connectivity index (χ4v) is 3.92. The summed E-state index contributed by atoms with van der Waals surface area (Å²) in [5.41, 5.74) is 1.18. The monoisotopic (exact) mass is 315 g/mol. The molecular formula is C19H29N3O. The zero-order chi connectivity index (χ0) is 16.2. The molecule has 1 heterocycles. The van der Waals surface area contributed by atoms with E-state index in [9.17, 15) is 4.79 Å². The minimum Gasteiger partial charge on any atom is -0.356 e. The van der Waals surface area contributed by atoms with Crippen LogP contribution in [0.25, 0.3) is 0 Å². The van der Waals surface area contributed by atoms with Gasteiger partial charge in [-0.05, 0) is 76.6 Å². The van der Waals surface area contributed by atoms with Gasteiger partial charge in [0, 0.05) is 18.7 Å². The number of amides is 1. The van der Waals surface area contributed by atoms with Crippen molar-refractivity contribution in [3.63, 3.8) is 0 Å². The predicted molar refractivity (Wildman–Crippen MR) is 91.8 cm³/mol. The first-order valence-corrected chi connectivity index (χ1v) is 9.00. The molecule has 0 aliphatic heterocycles. The van der Waals surface area contributed by atoms with Crippen molar-refractivity contribution in [2.24, 2.45) is 17.8 Å². The number of carbonyl (C=O) groups excluding carboxylic acids is 1. The number of nitrogens with one attached hydrogen (secondary N) is 1. The van der Waals surface area contributed by atoms with Crippen LogP contribution in [-0.2, 0) is 4.79 Å². The van der Waals surface area contributed by atoms with E-state index in [4.69, 9.17) is 0 Å². The van der Waals surface area contributed by atoms with Gasteiger partial charge in [0.05, 0.1) is 11.7 Å². The highest BCUT2D eigenvalue weighted by molar-refractivity contribution is 5.80. The maximum Gasteiger partial charge on any atom is 0.223 e. The van der Waals surface area contributed by atoms with Crippen LogP contribution in [0.3, 0.4) is 0 Å². The van der Waals surface area contributed by atoms with E-state index in [1.54, 1.807) is 0 Å². The minimum absolute atomic E-state index is 0.284. The lowest BCUT2D eigenvalue weighted by Crippen LogP contribution is -2.35. The van der Waals surface area contributed by atoms with Crippen LogP contribution in [0.4, 0.5) is 0 Å². The quantitative estimate of drug-likeness (QED) is 0.877. The molecular weight excluding hydrogens is 286 g/mol. The molecule has 0 radical (unpaired) electrons. The smallest absolute Gasteiger partial charge is 0.223 e. The molecule has 0 spiro atoms. The summed E-state index contributed by atoms with van der Waals surface area (Å²) in [7, 11) is 4.31. The molecule has 1 atom stereocenters. The summed E-state index contributed by atoms with van der Waals surface area (Å²) in [6, 6.07) is 6.61. The lowest BCUT2D eigenvalue weighted by atomic mass is 9.77. The molecule has 0 aromatic carbocycles. The van der Waals surface area contributed by atoms with E-state index >= 15 is 0 Å². The molecule has 1 aromatic heterocycles. The highest BCUT2D eigenvalue weighted by atomic mass is 16.2. The summed E-state index contributed by atoms with van der Waals surface area (Å²) < 4.78 is 0. The van der Waals surface area contributed by atoms with E-state index in [2.05, 4.69) is 41.4 Å². The maximum atomic E-state index is 11.8. The van der Waals surface area contributed by atoms with Crippen molar-refractivity contribution in [2.45, 2.75) is 44.6 Å². The Morgan fingerprint density at radius 3 is 2.52 bits per heavy atom. The van der Waals surface area contributed by atoms with Crippen LogP contribution in [-0.4, -0.2) is 36.4 Å². The average molecular weight is 315 g/mol.